The molecule has 0 saturated heterocycles. The lowest BCUT2D eigenvalue weighted by Gasteiger charge is -2.35. The Balaban J connectivity index is 1.92. The van der Waals surface area contributed by atoms with Gasteiger partial charge in [0.25, 0.3) is 0 Å². The van der Waals surface area contributed by atoms with Crippen molar-refractivity contribution in [2.24, 2.45) is 11.8 Å². The molecule has 2 unspecified atom stereocenters. The van der Waals surface area contributed by atoms with Gasteiger partial charge < -0.3 is 11.1 Å². The summed E-state index contributed by atoms with van der Waals surface area (Å²) in [5, 5.41) is 4.92. The monoisotopic (exact) mass is 283 g/mol. The van der Waals surface area contributed by atoms with Crippen LogP contribution >= 0.6 is 0 Å². The van der Waals surface area contributed by atoms with Crippen molar-refractivity contribution in [2.75, 3.05) is 11.1 Å². The molecule has 0 aliphatic heterocycles. The number of nitrogens with one attached hydrogen (secondary N) is 1. The van der Waals surface area contributed by atoms with Crippen molar-refractivity contribution in [1.82, 2.24) is 4.98 Å². The molecule has 1 aromatic heterocycles. The number of rotatable bonds is 3. The smallest absolute Gasteiger partial charge is 0.0951 e. The van der Waals surface area contributed by atoms with E-state index in [0.717, 1.165) is 28.4 Å². The Hall–Kier alpha value is -1.77. The summed E-state index contributed by atoms with van der Waals surface area (Å²) in [6, 6.07) is 8.66. The first-order valence-corrected chi connectivity index (χ1v) is 8.06. The van der Waals surface area contributed by atoms with E-state index in [0.29, 0.717) is 6.04 Å². The summed E-state index contributed by atoms with van der Waals surface area (Å²) in [6.45, 7) is 4.68. The first kappa shape index (κ1) is 14.2. The number of hydrogen-bond acceptors (Lipinski definition) is 3. The van der Waals surface area contributed by atoms with E-state index in [1.54, 1.807) is 0 Å². The second-order valence-corrected chi connectivity index (χ2v) is 6.55. The maximum absolute atomic E-state index is 6.04. The number of nitrogens with two attached hydrogens (primary N) is 1. The van der Waals surface area contributed by atoms with E-state index in [4.69, 9.17) is 5.73 Å². The van der Waals surface area contributed by atoms with Crippen molar-refractivity contribution < 1.29 is 0 Å². The normalized spacial score (nSPS) is 22.6. The molecule has 112 valence electrons. The number of fused-ring (bicyclic) bond motifs is 1. The molecule has 1 aromatic carbocycles. The molecule has 3 N–H and O–H groups in total. The topological polar surface area (TPSA) is 50.9 Å². The van der Waals surface area contributed by atoms with Crippen molar-refractivity contribution >= 4 is 22.3 Å². The molecular weight excluding hydrogens is 258 g/mol. The number of nitrogens with zero attached hydrogens (tertiary/aromatic N) is 1. The molecule has 0 spiro atoms. The van der Waals surface area contributed by atoms with Crippen molar-refractivity contribution in [3.05, 3.63) is 30.5 Å². The lowest BCUT2D eigenvalue weighted by Crippen LogP contribution is -2.35. The second kappa shape index (κ2) is 5.92. The molecule has 3 rings (SSSR count). The van der Waals surface area contributed by atoms with Crippen molar-refractivity contribution in [3.63, 3.8) is 0 Å². The first-order valence-electron chi connectivity index (χ1n) is 8.06. The number of aromatic nitrogens is 1. The van der Waals surface area contributed by atoms with Gasteiger partial charge in [-0.3, -0.25) is 4.98 Å². The van der Waals surface area contributed by atoms with Crippen LogP contribution in [-0.4, -0.2) is 11.0 Å². The summed E-state index contributed by atoms with van der Waals surface area (Å²) in [5.41, 5.74) is 8.87. The number of hydrogen-bond donors (Lipinski definition) is 2. The van der Waals surface area contributed by atoms with Crippen LogP contribution in [0.2, 0.25) is 0 Å². The largest absolute Gasteiger partial charge is 0.397 e. The molecule has 0 bridgehead atoms. The minimum atomic E-state index is 0.561. The molecular formula is C18H25N3. The molecule has 0 radical (unpaired) electrons. The van der Waals surface area contributed by atoms with E-state index in [2.05, 4.69) is 36.3 Å². The van der Waals surface area contributed by atoms with Crippen molar-refractivity contribution in [1.29, 1.82) is 0 Å². The highest BCUT2D eigenvalue weighted by atomic mass is 14.9. The Kier molecular flexibility index (Phi) is 4.00. The summed E-state index contributed by atoms with van der Waals surface area (Å²) in [7, 11) is 0. The predicted molar refractivity (Wildman–Crippen MR) is 90.4 cm³/mol. The van der Waals surface area contributed by atoms with Crippen LogP contribution in [0.1, 0.15) is 39.5 Å². The molecule has 1 heterocycles. The Morgan fingerprint density at radius 1 is 1.19 bits per heavy atom. The van der Waals surface area contributed by atoms with Crippen LogP contribution in [0.25, 0.3) is 10.9 Å². The van der Waals surface area contributed by atoms with Gasteiger partial charge in [0.1, 0.15) is 0 Å². The van der Waals surface area contributed by atoms with Gasteiger partial charge in [-0.2, -0.15) is 0 Å². The third kappa shape index (κ3) is 2.82. The Morgan fingerprint density at radius 3 is 2.81 bits per heavy atom. The van der Waals surface area contributed by atoms with E-state index < -0.39 is 0 Å². The highest BCUT2D eigenvalue weighted by molar-refractivity contribution is 5.97. The maximum Gasteiger partial charge on any atom is 0.0951 e. The molecule has 21 heavy (non-hydrogen) atoms. The van der Waals surface area contributed by atoms with E-state index in [1.165, 1.54) is 31.4 Å². The predicted octanol–water partition coefficient (Wildman–Crippen LogP) is 4.44. The van der Waals surface area contributed by atoms with Crippen LogP contribution in [0.4, 0.5) is 11.4 Å². The number of nitrogen functional groups attached to an aromatic ring is 1. The van der Waals surface area contributed by atoms with Gasteiger partial charge >= 0.3 is 0 Å². The number of benzene rings is 1. The Morgan fingerprint density at radius 2 is 2.00 bits per heavy atom. The van der Waals surface area contributed by atoms with Crippen LogP contribution in [0.5, 0.6) is 0 Å². The molecule has 1 fully saturated rings. The molecule has 1 saturated carbocycles. The first-order chi connectivity index (χ1) is 10.2. The van der Waals surface area contributed by atoms with Crippen LogP contribution < -0.4 is 11.1 Å². The quantitative estimate of drug-likeness (QED) is 0.819. The van der Waals surface area contributed by atoms with E-state index in [1.807, 2.05) is 18.3 Å². The molecule has 2 atom stereocenters. The fourth-order valence-corrected chi connectivity index (χ4v) is 3.66. The van der Waals surface area contributed by atoms with E-state index in [-0.39, 0.29) is 0 Å². The van der Waals surface area contributed by atoms with Gasteiger partial charge in [0.15, 0.2) is 0 Å². The van der Waals surface area contributed by atoms with Gasteiger partial charge in [-0.05, 0) is 36.8 Å². The summed E-state index contributed by atoms with van der Waals surface area (Å²) in [4.78, 5) is 4.42. The summed E-state index contributed by atoms with van der Waals surface area (Å²) >= 11 is 0. The molecule has 1 aliphatic carbocycles. The minimum Gasteiger partial charge on any atom is -0.397 e. The Bertz CT molecular complexity index is 621. The standard InChI is InChI=1S/C18H25N3/c1-12(2)13-6-3-4-9-16(13)21-17-10-11-20-18-14(17)7-5-8-15(18)19/h5,7-8,10-13,16H,3-4,6,9,19H2,1-2H3,(H,20,21). The van der Waals surface area contributed by atoms with E-state index in [9.17, 15) is 0 Å². The van der Waals surface area contributed by atoms with Crippen LogP contribution in [-0.2, 0) is 0 Å². The number of pyridine rings is 1. The fraction of sp³-hybridized carbons (Fsp3) is 0.500. The SMILES string of the molecule is CC(C)C1CCCCC1Nc1ccnc2c(N)cccc12. The summed E-state index contributed by atoms with van der Waals surface area (Å²) in [6.07, 6.45) is 7.14. The van der Waals surface area contributed by atoms with Crippen LogP contribution in [0.3, 0.4) is 0 Å². The molecule has 1 aliphatic rings. The molecule has 3 nitrogen and oxygen atoms in total. The average molecular weight is 283 g/mol. The van der Waals surface area contributed by atoms with Gasteiger partial charge in [0, 0.05) is 23.3 Å². The van der Waals surface area contributed by atoms with Crippen LogP contribution in [0, 0.1) is 11.8 Å². The van der Waals surface area contributed by atoms with Gasteiger partial charge in [-0.1, -0.05) is 38.8 Å². The summed E-state index contributed by atoms with van der Waals surface area (Å²) in [5.74, 6) is 1.48. The van der Waals surface area contributed by atoms with Crippen LogP contribution in [0.15, 0.2) is 30.5 Å². The lowest BCUT2D eigenvalue weighted by molar-refractivity contribution is 0.254. The minimum absolute atomic E-state index is 0.561. The highest BCUT2D eigenvalue weighted by Gasteiger charge is 2.27. The lowest BCUT2D eigenvalue weighted by atomic mass is 9.77. The molecule has 0 amide bonds. The Labute approximate surface area is 127 Å². The maximum atomic E-state index is 6.04. The molecule has 2 aromatic rings. The zero-order valence-electron chi connectivity index (χ0n) is 13.0. The summed E-state index contributed by atoms with van der Waals surface area (Å²) < 4.78 is 0. The fourth-order valence-electron chi connectivity index (χ4n) is 3.66. The zero-order valence-corrected chi connectivity index (χ0v) is 13.0. The van der Waals surface area contributed by atoms with Gasteiger partial charge in [-0.15, -0.1) is 0 Å². The second-order valence-electron chi connectivity index (χ2n) is 6.55. The van der Waals surface area contributed by atoms with Crippen molar-refractivity contribution in [3.8, 4) is 0 Å². The van der Waals surface area contributed by atoms with E-state index >= 15 is 0 Å². The van der Waals surface area contributed by atoms with Gasteiger partial charge in [0.2, 0.25) is 0 Å². The third-order valence-electron chi connectivity index (χ3n) is 4.82. The number of anilines is 2. The highest BCUT2D eigenvalue weighted by Crippen LogP contribution is 2.34. The molecule has 3 heteroatoms. The van der Waals surface area contributed by atoms with Gasteiger partial charge in [0.05, 0.1) is 11.2 Å². The number of para-hydroxylation sites is 1. The average Bonchev–Trinajstić information content (AvgIpc) is 2.49. The van der Waals surface area contributed by atoms with Gasteiger partial charge in [-0.25, -0.2) is 0 Å². The third-order valence-corrected chi connectivity index (χ3v) is 4.82. The zero-order chi connectivity index (χ0) is 14.8. The van der Waals surface area contributed by atoms with Crippen molar-refractivity contribution in [2.45, 2.75) is 45.6 Å².